The number of aliphatic imine (C=N–C) groups is 1. The zero-order chi connectivity index (χ0) is 17.2. The number of halogens is 1. The van der Waals surface area contributed by atoms with Gasteiger partial charge in [0.2, 0.25) is 5.91 Å². The second-order valence-electron chi connectivity index (χ2n) is 6.10. The van der Waals surface area contributed by atoms with Gasteiger partial charge < -0.3 is 20.3 Å². The standard InChI is InChI=1S/C18H28N4O2.HI/c1-19-18(22(2)13-16-9-11-24-14-16)21-12-17(23)20-10-8-15-6-4-3-5-7-15;/h3-7,16H,8-14H2,1-2H3,(H,19,21)(H,20,23);1H. The number of hydrogen-bond acceptors (Lipinski definition) is 3. The molecule has 6 nitrogen and oxygen atoms in total. The fourth-order valence-electron chi connectivity index (χ4n) is 2.80. The summed E-state index contributed by atoms with van der Waals surface area (Å²) >= 11 is 0. The second-order valence-corrected chi connectivity index (χ2v) is 6.10. The number of benzene rings is 1. The Morgan fingerprint density at radius 1 is 1.32 bits per heavy atom. The van der Waals surface area contributed by atoms with Gasteiger partial charge in [0.25, 0.3) is 0 Å². The number of nitrogens with zero attached hydrogens (tertiary/aromatic N) is 2. The molecule has 1 aliphatic heterocycles. The van der Waals surface area contributed by atoms with Gasteiger partial charge in [0.05, 0.1) is 13.2 Å². The summed E-state index contributed by atoms with van der Waals surface area (Å²) in [5.41, 5.74) is 1.22. The van der Waals surface area contributed by atoms with Crippen LogP contribution in [-0.4, -0.2) is 63.7 Å². The van der Waals surface area contributed by atoms with E-state index in [1.807, 2.05) is 25.2 Å². The normalized spacial score (nSPS) is 16.9. The smallest absolute Gasteiger partial charge is 0.239 e. The summed E-state index contributed by atoms with van der Waals surface area (Å²) in [7, 11) is 3.72. The van der Waals surface area contributed by atoms with Gasteiger partial charge in [0, 0.05) is 39.7 Å². The molecule has 2 N–H and O–H groups in total. The van der Waals surface area contributed by atoms with E-state index in [-0.39, 0.29) is 36.4 Å². The van der Waals surface area contributed by atoms with Crippen LogP contribution in [0.1, 0.15) is 12.0 Å². The van der Waals surface area contributed by atoms with Crippen LogP contribution in [0.15, 0.2) is 35.3 Å². The van der Waals surface area contributed by atoms with E-state index in [2.05, 4.69) is 32.7 Å². The lowest BCUT2D eigenvalue weighted by atomic mass is 10.1. The molecule has 1 heterocycles. The SMILES string of the molecule is CN=C(NCC(=O)NCCc1ccccc1)N(C)CC1CCOC1.I. The van der Waals surface area contributed by atoms with Gasteiger partial charge in [0.1, 0.15) is 0 Å². The highest BCUT2D eigenvalue weighted by molar-refractivity contribution is 14.0. The molecular weight excluding hydrogens is 431 g/mol. The Morgan fingerprint density at radius 2 is 2.08 bits per heavy atom. The minimum absolute atomic E-state index is 0. The van der Waals surface area contributed by atoms with Crippen molar-refractivity contribution in [1.29, 1.82) is 0 Å². The number of nitrogens with one attached hydrogen (secondary N) is 2. The lowest BCUT2D eigenvalue weighted by molar-refractivity contribution is -0.120. The summed E-state index contributed by atoms with van der Waals surface area (Å²) in [4.78, 5) is 18.2. The van der Waals surface area contributed by atoms with Crippen molar-refractivity contribution in [2.75, 3.05) is 46.9 Å². The average Bonchev–Trinajstić information content (AvgIpc) is 3.09. The molecule has 2 rings (SSSR count). The Kier molecular flexibility index (Phi) is 10.5. The molecule has 0 aromatic heterocycles. The van der Waals surface area contributed by atoms with E-state index in [0.29, 0.717) is 12.5 Å². The minimum Gasteiger partial charge on any atom is -0.381 e. The number of carbonyl (C=O) groups excluding carboxylic acids is 1. The van der Waals surface area contributed by atoms with Crippen LogP contribution in [0.2, 0.25) is 0 Å². The van der Waals surface area contributed by atoms with Crippen LogP contribution >= 0.6 is 24.0 Å². The van der Waals surface area contributed by atoms with Crippen molar-refractivity contribution in [1.82, 2.24) is 15.5 Å². The highest BCUT2D eigenvalue weighted by atomic mass is 127. The van der Waals surface area contributed by atoms with Gasteiger partial charge in [-0.1, -0.05) is 30.3 Å². The van der Waals surface area contributed by atoms with Crippen LogP contribution in [0.4, 0.5) is 0 Å². The molecule has 0 radical (unpaired) electrons. The van der Waals surface area contributed by atoms with Gasteiger partial charge in [-0.3, -0.25) is 9.79 Å². The fourth-order valence-corrected chi connectivity index (χ4v) is 2.80. The number of hydrogen-bond donors (Lipinski definition) is 2. The zero-order valence-electron chi connectivity index (χ0n) is 15.0. The van der Waals surface area contributed by atoms with Crippen LogP contribution in [0.5, 0.6) is 0 Å². The molecule has 0 saturated carbocycles. The number of ether oxygens (including phenoxy) is 1. The average molecular weight is 460 g/mol. The molecule has 1 aliphatic rings. The maximum Gasteiger partial charge on any atom is 0.239 e. The lowest BCUT2D eigenvalue weighted by Crippen LogP contribution is -2.45. The maximum absolute atomic E-state index is 12.0. The molecule has 1 aromatic rings. The van der Waals surface area contributed by atoms with Crippen molar-refractivity contribution in [3.63, 3.8) is 0 Å². The second kappa shape index (κ2) is 12.1. The van der Waals surface area contributed by atoms with E-state index in [4.69, 9.17) is 4.74 Å². The lowest BCUT2D eigenvalue weighted by Gasteiger charge is -2.24. The van der Waals surface area contributed by atoms with E-state index < -0.39 is 0 Å². The molecule has 1 atom stereocenters. The number of amides is 1. The van der Waals surface area contributed by atoms with E-state index in [9.17, 15) is 4.79 Å². The monoisotopic (exact) mass is 460 g/mol. The molecule has 1 aromatic carbocycles. The van der Waals surface area contributed by atoms with Gasteiger partial charge in [-0.25, -0.2) is 0 Å². The van der Waals surface area contributed by atoms with Crippen molar-refractivity contribution in [3.05, 3.63) is 35.9 Å². The molecule has 1 unspecified atom stereocenters. The summed E-state index contributed by atoms with van der Waals surface area (Å²) < 4.78 is 5.40. The Morgan fingerprint density at radius 3 is 2.72 bits per heavy atom. The van der Waals surface area contributed by atoms with Gasteiger partial charge in [0.15, 0.2) is 5.96 Å². The van der Waals surface area contributed by atoms with Crippen molar-refractivity contribution in [2.24, 2.45) is 10.9 Å². The molecule has 0 aliphatic carbocycles. The topological polar surface area (TPSA) is 66.0 Å². The van der Waals surface area contributed by atoms with Crippen LogP contribution in [-0.2, 0) is 16.0 Å². The number of carbonyl (C=O) groups is 1. The summed E-state index contributed by atoms with van der Waals surface area (Å²) in [5.74, 6) is 1.25. The predicted molar refractivity (Wildman–Crippen MR) is 111 cm³/mol. The van der Waals surface area contributed by atoms with Crippen LogP contribution < -0.4 is 10.6 Å². The third kappa shape index (κ3) is 8.04. The Hall–Kier alpha value is -1.35. The van der Waals surface area contributed by atoms with Gasteiger partial charge in [-0.15, -0.1) is 24.0 Å². The quantitative estimate of drug-likeness (QED) is 0.368. The maximum atomic E-state index is 12.0. The molecular formula is C18H29IN4O2. The molecule has 1 amide bonds. The van der Waals surface area contributed by atoms with Gasteiger partial charge >= 0.3 is 0 Å². The van der Waals surface area contributed by atoms with E-state index >= 15 is 0 Å². The van der Waals surface area contributed by atoms with E-state index in [0.717, 1.165) is 38.6 Å². The summed E-state index contributed by atoms with van der Waals surface area (Å²) in [6.45, 7) is 3.40. The molecule has 7 heteroatoms. The molecule has 0 bridgehead atoms. The highest BCUT2D eigenvalue weighted by Crippen LogP contribution is 2.13. The molecule has 1 saturated heterocycles. The molecule has 0 spiro atoms. The first-order valence-corrected chi connectivity index (χ1v) is 8.49. The van der Waals surface area contributed by atoms with Gasteiger partial charge in [-0.2, -0.15) is 0 Å². The Balaban J connectivity index is 0.00000312. The molecule has 140 valence electrons. The molecule has 25 heavy (non-hydrogen) atoms. The largest absolute Gasteiger partial charge is 0.381 e. The van der Waals surface area contributed by atoms with E-state index in [1.165, 1.54) is 5.56 Å². The first-order chi connectivity index (χ1) is 11.7. The predicted octanol–water partition coefficient (Wildman–Crippen LogP) is 1.51. The Labute approximate surface area is 167 Å². The molecule has 1 fully saturated rings. The van der Waals surface area contributed by atoms with Crippen molar-refractivity contribution >= 4 is 35.8 Å². The zero-order valence-corrected chi connectivity index (χ0v) is 17.4. The number of guanidine groups is 1. The number of rotatable bonds is 7. The first kappa shape index (κ1) is 21.7. The van der Waals surface area contributed by atoms with E-state index in [1.54, 1.807) is 7.05 Å². The first-order valence-electron chi connectivity index (χ1n) is 8.49. The summed E-state index contributed by atoms with van der Waals surface area (Å²) in [6.07, 6.45) is 1.92. The van der Waals surface area contributed by atoms with Gasteiger partial charge in [-0.05, 0) is 18.4 Å². The third-order valence-electron chi connectivity index (χ3n) is 4.12. The van der Waals surface area contributed by atoms with Crippen LogP contribution in [0, 0.1) is 5.92 Å². The summed E-state index contributed by atoms with van der Waals surface area (Å²) in [5, 5.41) is 6.04. The van der Waals surface area contributed by atoms with Crippen LogP contribution in [0.25, 0.3) is 0 Å². The Bertz CT molecular complexity index is 533. The highest BCUT2D eigenvalue weighted by Gasteiger charge is 2.19. The van der Waals surface area contributed by atoms with Crippen molar-refractivity contribution in [3.8, 4) is 0 Å². The van der Waals surface area contributed by atoms with Crippen molar-refractivity contribution < 1.29 is 9.53 Å². The third-order valence-corrected chi connectivity index (χ3v) is 4.12. The minimum atomic E-state index is -0.0234. The van der Waals surface area contributed by atoms with Crippen molar-refractivity contribution in [2.45, 2.75) is 12.8 Å². The summed E-state index contributed by atoms with van der Waals surface area (Å²) in [6, 6.07) is 10.1. The van der Waals surface area contributed by atoms with Crippen LogP contribution in [0.3, 0.4) is 0 Å². The fraction of sp³-hybridized carbons (Fsp3) is 0.556.